The molecule has 4 aromatic rings. The van der Waals surface area contributed by atoms with Crippen molar-refractivity contribution in [1.29, 1.82) is 0 Å². The predicted molar refractivity (Wildman–Crippen MR) is 93.4 cm³/mol. The lowest BCUT2D eigenvalue weighted by Crippen LogP contribution is -2.07. The third-order valence-corrected chi connectivity index (χ3v) is 3.88. The van der Waals surface area contributed by atoms with E-state index in [0.717, 1.165) is 12.1 Å². The highest BCUT2D eigenvalue weighted by Crippen LogP contribution is 2.28. The summed E-state index contributed by atoms with van der Waals surface area (Å²) in [5.74, 6) is -1.62. The molecule has 0 bridgehead atoms. The minimum atomic E-state index is -0.807. The molecule has 0 atom stereocenters. The summed E-state index contributed by atoms with van der Waals surface area (Å²) in [5, 5.41) is 14.0. The van der Waals surface area contributed by atoms with Crippen molar-refractivity contribution in [3.05, 3.63) is 66.1 Å². The fraction of sp³-hybridized carbons (Fsp3) is 0.0556. The Hall–Kier alpha value is -3.75. The van der Waals surface area contributed by atoms with E-state index in [-0.39, 0.29) is 35.0 Å². The average Bonchev–Trinajstić information content (AvgIpc) is 3.15. The summed E-state index contributed by atoms with van der Waals surface area (Å²) in [6.07, 6.45) is 3.32. The van der Waals surface area contributed by atoms with Gasteiger partial charge in [-0.3, -0.25) is 0 Å². The van der Waals surface area contributed by atoms with E-state index in [0.29, 0.717) is 11.4 Å². The van der Waals surface area contributed by atoms with Crippen molar-refractivity contribution in [3.63, 3.8) is 0 Å². The summed E-state index contributed by atoms with van der Waals surface area (Å²) >= 11 is 0. The molecule has 0 radical (unpaired) electrons. The first-order chi connectivity index (χ1) is 13.0. The number of nitrogens with zero attached hydrogens (tertiary/aromatic N) is 4. The van der Waals surface area contributed by atoms with E-state index in [1.165, 1.54) is 12.1 Å². The second-order valence-corrected chi connectivity index (χ2v) is 5.71. The molecule has 0 aliphatic carbocycles. The molecule has 9 heteroatoms. The molecule has 0 saturated heterocycles. The maximum absolute atomic E-state index is 13.8. The second-order valence-electron chi connectivity index (χ2n) is 5.71. The SMILES string of the molecule is Nc1nc2c(F)cc(F)cc2cc1OCc1nc(O)ccc1-n1cccn1. The number of nitrogens with two attached hydrogens (primary N) is 1. The van der Waals surface area contributed by atoms with E-state index in [9.17, 15) is 13.9 Å². The molecular weight excluding hydrogens is 356 g/mol. The van der Waals surface area contributed by atoms with Gasteiger partial charge in [0.2, 0.25) is 5.88 Å². The van der Waals surface area contributed by atoms with Crippen LogP contribution in [0.4, 0.5) is 14.6 Å². The van der Waals surface area contributed by atoms with E-state index in [4.69, 9.17) is 10.5 Å². The van der Waals surface area contributed by atoms with Crippen LogP contribution in [0, 0.1) is 11.6 Å². The molecule has 0 fully saturated rings. The van der Waals surface area contributed by atoms with Gasteiger partial charge in [-0.25, -0.2) is 23.4 Å². The largest absolute Gasteiger partial charge is 0.493 e. The Morgan fingerprint density at radius 3 is 2.78 bits per heavy atom. The first-order valence-corrected chi connectivity index (χ1v) is 7.88. The Morgan fingerprint density at radius 2 is 2.00 bits per heavy atom. The zero-order valence-corrected chi connectivity index (χ0v) is 13.8. The number of rotatable bonds is 4. The second kappa shape index (κ2) is 6.52. The van der Waals surface area contributed by atoms with E-state index >= 15 is 0 Å². The van der Waals surface area contributed by atoms with Crippen molar-refractivity contribution in [3.8, 4) is 17.3 Å². The van der Waals surface area contributed by atoms with Gasteiger partial charge < -0.3 is 15.6 Å². The Kier molecular flexibility index (Phi) is 4.03. The quantitative estimate of drug-likeness (QED) is 0.574. The fourth-order valence-electron chi connectivity index (χ4n) is 2.67. The summed E-state index contributed by atoms with van der Waals surface area (Å²) in [7, 11) is 0. The van der Waals surface area contributed by atoms with Crippen LogP contribution in [0.15, 0.2) is 48.8 Å². The van der Waals surface area contributed by atoms with E-state index in [1.54, 1.807) is 29.2 Å². The molecule has 0 aliphatic heterocycles. The van der Waals surface area contributed by atoms with Gasteiger partial charge in [0, 0.05) is 29.9 Å². The molecule has 1 aromatic carbocycles. The Morgan fingerprint density at radius 1 is 1.15 bits per heavy atom. The van der Waals surface area contributed by atoms with Crippen molar-refractivity contribution in [2.75, 3.05) is 5.73 Å². The van der Waals surface area contributed by atoms with Crippen molar-refractivity contribution < 1.29 is 18.6 Å². The normalized spacial score (nSPS) is 11.0. The van der Waals surface area contributed by atoms with Crippen LogP contribution in [0.1, 0.15) is 5.69 Å². The lowest BCUT2D eigenvalue weighted by molar-refractivity contribution is 0.299. The summed E-state index contributed by atoms with van der Waals surface area (Å²) in [4.78, 5) is 8.00. The first-order valence-electron chi connectivity index (χ1n) is 7.88. The van der Waals surface area contributed by atoms with Crippen molar-refractivity contribution in [1.82, 2.24) is 19.7 Å². The number of hydrogen-bond donors (Lipinski definition) is 2. The molecule has 0 spiro atoms. The number of aromatic hydroxyl groups is 1. The molecule has 0 unspecified atom stereocenters. The molecule has 3 aromatic heterocycles. The van der Waals surface area contributed by atoms with Gasteiger partial charge in [0.1, 0.15) is 23.6 Å². The minimum absolute atomic E-state index is 0.0473. The van der Waals surface area contributed by atoms with Gasteiger partial charge >= 0.3 is 0 Å². The molecule has 4 rings (SSSR count). The molecule has 3 N–H and O–H groups in total. The van der Waals surface area contributed by atoms with Gasteiger partial charge in [0.15, 0.2) is 17.4 Å². The smallest absolute Gasteiger partial charge is 0.211 e. The molecule has 27 heavy (non-hydrogen) atoms. The van der Waals surface area contributed by atoms with Crippen LogP contribution in [0.25, 0.3) is 16.6 Å². The number of nitrogen functional groups attached to an aromatic ring is 1. The predicted octanol–water partition coefficient (Wildman–Crippen LogP) is 2.96. The minimum Gasteiger partial charge on any atom is -0.493 e. The molecule has 0 saturated carbocycles. The lowest BCUT2D eigenvalue weighted by atomic mass is 10.2. The summed E-state index contributed by atoms with van der Waals surface area (Å²) in [5.41, 5.74) is 6.78. The number of ether oxygens (including phenoxy) is 1. The van der Waals surface area contributed by atoms with Crippen molar-refractivity contribution in [2.45, 2.75) is 6.61 Å². The number of fused-ring (bicyclic) bond motifs is 1. The fourth-order valence-corrected chi connectivity index (χ4v) is 2.67. The summed E-state index contributed by atoms with van der Waals surface area (Å²) in [6.45, 7) is -0.0707. The number of hydrogen-bond acceptors (Lipinski definition) is 6. The molecular formula is C18H13F2N5O2. The standard InChI is InChI=1S/C18H13F2N5O2/c19-11-6-10-7-15(18(21)24-17(10)12(20)8-11)27-9-13-14(2-3-16(26)23-13)25-5-1-4-22-25/h1-8H,9H2,(H2,21,24)(H,23,26). The number of anilines is 1. The monoisotopic (exact) mass is 369 g/mol. The van der Waals surface area contributed by atoms with Crippen LogP contribution < -0.4 is 10.5 Å². The van der Waals surface area contributed by atoms with Crippen LogP contribution in [0.2, 0.25) is 0 Å². The summed E-state index contributed by atoms with van der Waals surface area (Å²) in [6, 6.07) is 8.09. The Balaban J connectivity index is 1.68. The third-order valence-electron chi connectivity index (χ3n) is 3.88. The highest BCUT2D eigenvalue weighted by Gasteiger charge is 2.13. The van der Waals surface area contributed by atoms with Crippen LogP contribution in [-0.4, -0.2) is 24.9 Å². The molecule has 136 valence electrons. The third kappa shape index (κ3) is 3.22. The zero-order valence-electron chi connectivity index (χ0n) is 13.8. The van der Waals surface area contributed by atoms with Gasteiger partial charge in [-0.05, 0) is 24.3 Å². The van der Waals surface area contributed by atoms with Gasteiger partial charge in [0.05, 0.1) is 5.69 Å². The van der Waals surface area contributed by atoms with Crippen molar-refractivity contribution in [2.24, 2.45) is 0 Å². The van der Waals surface area contributed by atoms with Gasteiger partial charge in [-0.2, -0.15) is 5.10 Å². The van der Waals surface area contributed by atoms with Gasteiger partial charge in [-0.15, -0.1) is 0 Å². The van der Waals surface area contributed by atoms with E-state index in [1.807, 2.05) is 0 Å². The number of halogens is 2. The number of pyridine rings is 2. The molecule has 0 amide bonds. The Labute approximate surface area is 151 Å². The summed E-state index contributed by atoms with van der Waals surface area (Å²) < 4.78 is 34.5. The first kappa shape index (κ1) is 16.7. The van der Waals surface area contributed by atoms with Crippen LogP contribution in [0.5, 0.6) is 11.6 Å². The highest BCUT2D eigenvalue weighted by atomic mass is 19.1. The van der Waals surface area contributed by atoms with Crippen LogP contribution >= 0.6 is 0 Å². The van der Waals surface area contributed by atoms with Gasteiger partial charge in [0.25, 0.3) is 0 Å². The molecule has 0 aliphatic rings. The van der Waals surface area contributed by atoms with Gasteiger partial charge in [-0.1, -0.05) is 0 Å². The highest BCUT2D eigenvalue weighted by molar-refractivity contribution is 5.83. The maximum Gasteiger partial charge on any atom is 0.211 e. The molecule has 3 heterocycles. The topological polar surface area (TPSA) is 99.1 Å². The number of benzene rings is 1. The molecule has 7 nitrogen and oxygen atoms in total. The van der Waals surface area contributed by atoms with E-state index in [2.05, 4.69) is 15.1 Å². The van der Waals surface area contributed by atoms with Crippen LogP contribution in [-0.2, 0) is 6.61 Å². The average molecular weight is 369 g/mol. The number of aromatic nitrogens is 4. The zero-order chi connectivity index (χ0) is 19.0. The maximum atomic E-state index is 13.8. The van der Waals surface area contributed by atoms with Crippen molar-refractivity contribution >= 4 is 16.7 Å². The Bertz CT molecular complexity index is 1130. The van der Waals surface area contributed by atoms with Crippen LogP contribution in [0.3, 0.4) is 0 Å². The van der Waals surface area contributed by atoms with E-state index < -0.39 is 11.6 Å². The lowest BCUT2D eigenvalue weighted by Gasteiger charge is -2.12.